The van der Waals surface area contributed by atoms with Gasteiger partial charge in [-0.1, -0.05) is 15.9 Å². The first-order valence-corrected chi connectivity index (χ1v) is 7.08. The zero-order chi connectivity index (χ0) is 14.0. The molecule has 0 heterocycles. The van der Waals surface area contributed by atoms with E-state index in [1.807, 2.05) is 0 Å². The van der Waals surface area contributed by atoms with Crippen LogP contribution in [0.1, 0.15) is 28.8 Å². The van der Waals surface area contributed by atoms with Crippen molar-refractivity contribution in [1.82, 2.24) is 5.32 Å². The first kappa shape index (κ1) is 14.0. The lowest BCUT2D eigenvalue weighted by atomic mass is 10.1. The number of amides is 1. The summed E-state index contributed by atoms with van der Waals surface area (Å²) in [6.07, 6.45) is 2.42. The number of hydrogen-bond acceptors (Lipinski definition) is 3. The zero-order valence-electron chi connectivity index (χ0n) is 10.6. The minimum Gasteiger partial charge on any atom is -0.351 e. The van der Waals surface area contributed by atoms with Crippen molar-refractivity contribution >= 4 is 27.5 Å². The molecule has 0 aromatic heterocycles. The van der Waals surface area contributed by atoms with Crippen molar-refractivity contribution in [2.24, 2.45) is 5.92 Å². The van der Waals surface area contributed by atoms with Crippen LogP contribution in [0.15, 0.2) is 18.2 Å². The number of nitro benzene ring substituents is 1. The molecule has 0 aliphatic heterocycles. The Kier molecular flexibility index (Phi) is 4.19. The van der Waals surface area contributed by atoms with Crippen LogP contribution in [0.2, 0.25) is 0 Å². The van der Waals surface area contributed by atoms with Gasteiger partial charge in [0.1, 0.15) is 0 Å². The molecule has 0 bridgehead atoms. The lowest BCUT2D eigenvalue weighted by Crippen LogP contribution is -2.30. The number of benzene rings is 1. The molecule has 1 amide bonds. The molecule has 5 nitrogen and oxygen atoms in total. The van der Waals surface area contributed by atoms with E-state index in [4.69, 9.17) is 0 Å². The van der Waals surface area contributed by atoms with Crippen molar-refractivity contribution < 1.29 is 9.72 Å². The highest BCUT2D eigenvalue weighted by Crippen LogP contribution is 2.36. The highest BCUT2D eigenvalue weighted by Gasteiger charge is 2.29. The number of nitro groups is 1. The standard InChI is InChI=1S/C13H15BrN2O3/c1-8-6-10(16(18)19)4-5-11(8)13(17)15-7-12(14)9-2-3-9/h4-6,9,12H,2-3,7H2,1H3,(H,15,17). The van der Waals surface area contributed by atoms with E-state index in [0.717, 1.165) is 0 Å². The van der Waals surface area contributed by atoms with Crippen molar-refractivity contribution in [1.29, 1.82) is 0 Å². The maximum absolute atomic E-state index is 12.0. The Morgan fingerprint density at radius 1 is 1.58 bits per heavy atom. The van der Waals surface area contributed by atoms with Gasteiger partial charge in [0.05, 0.1) is 4.92 Å². The Labute approximate surface area is 119 Å². The van der Waals surface area contributed by atoms with Gasteiger partial charge in [0.2, 0.25) is 0 Å². The molecule has 1 aromatic rings. The van der Waals surface area contributed by atoms with Crippen LogP contribution >= 0.6 is 15.9 Å². The number of non-ortho nitro benzene ring substituents is 1. The van der Waals surface area contributed by atoms with Gasteiger partial charge in [0.15, 0.2) is 0 Å². The van der Waals surface area contributed by atoms with Gasteiger partial charge in [-0.3, -0.25) is 14.9 Å². The lowest BCUT2D eigenvalue weighted by molar-refractivity contribution is -0.384. The first-order valence-electron chi connectivity index (χ1n) is 6.16. The van der Waals surface area contributed by atoms with Gasteiger partial charge in [0, 0.05) is 29.1 Å². The number of aryl methyl sites for hydroxylation is 1. The molecular weight excluding hydrogens is 312 g/mol. The van der Waals surface area contributed by atoms with E-state index in [2.05, 4.69) is 21.2 Å². The third kappa shape index (κ3) is 3.53. The zero-order valence-corrected chi connectivity index (χ0v) is 12.1. The number of nitrogens with zero attached hydrogens (tertiary/aromatic N) is 1. The monoisotopic (exact) mass is 326 g/mol. The maximum Gasteiger partial charge on any atom is 0.269 e. The van der Waals surface area contributed by atoms with Crippen LogP contribution in [0.3, 0.4) is 0 Å². The Hall–Kier alpha value is -1.43. The summed E-state index contributed by atoms with van der Waals surface area (Å²) in [6.45, 7) is 2.29. The quantitative estimate of drug-likeness (QED) is 0.513. The van der Waals surface area contributed by atoms with Crippen molar-refractivity contribution in [3.63, 3.8) is 0 Å². The number of hydrogen-bond donors (Lipinski definition) is 1. The molecule has 1 aliphatic rings. The van der Waals surface area contributed by atoms with E-state index in [-0.39, 0.29) is 11.6 Å². The lowest BCUT2D eigenvalue weighted by Gasteiger charge is -2.11. The number of alkyl halides is 1. The smallest absolute Gasteiger partial charge is 0.269 e. The van der Waals surface area contributed by atoms with Gasteiger partial charge in [-0.25, -0.2) is 0 Å². The second-order valence-corrected chi connectivity index (χ2v) is 6.00. The van der Waals surface area contributed by atoms with Crippen molar-refractivity contribution in [3.8, 4) is 0 Å². The third-order valence-electron chi connectivity index (χ3n) is 3.26. The van der Waals surface area contributed by atoms with Gasteiger partial charge in [0.25, 0.3) is 11.6 Å². The van der Waals surface area contributed by atoms with Crippen LogP contribution < -0.4 is 5.32 Å². The Balaban J connectivity index is 2.00. The molecule has 0 radical (unpaired) electrons. The van der Waals surface area contributed by atoms with Gasteiger partial charge in [-0.2, -0.15) is 0 Å². The van der Waals surface area contributed by atoms with Gasteiger partial charge >= 0.3 is 0 Å². The predicted octanol–water partition coefficient (Wildman–Crippen LogP) is 2.81. The fraction of sp³-hybridized carbons (Fsp3) is 0.462. The molecule has 19 heavy (non-hydrogen) atoms. The van der Waals surface area contributed by atoms with Crippen LogP contribution in [-0.2, 0) is 0 Å². The number of carbonyl (C=O) groups is 1. The number of nitrogens with one attached hydrogen (secondary N) is 1. The fourth-order valence-corrected chi connectivity index (χ4v) is 2.62. The predicted molar refractivity (Wildman–Crippen MR) is 75.6 cm³/mol. The first-order chi connectivity index (χ1) is 8.99. The number of carbonyl (C=O) groups excluding carboxylic acids is 1. The molecule has 1 unspecified atom stereocenters. The summed E-state index contributed by atoms with van der Waals surface area (Å²) in [7, 11) is 0. The van der Waals surface area contributed by atoms with E-state index in [1.54, 1.807) is 6.92 Å². The molecule has 102 valence electrons. The fourth-order valence-electron chi connectivity index (χ4n) is 1.93. The normalized spacial score (nSPS) is 15.9. The summed E-state index contributed by atoms with van der Waals surface area (Å²) < 4.78 is 0. The van der Waals surface area contributed by atoms with Gasteiger partial charge < -0.3 is 5.32 Å². The molecule has 1 aliphatic carbocycles. The van der Waals surface area contributed by atoms with Crippen LogP contribution in [0, 0.1) is 23.0 Å². The Morgan fingerprint density at radius 2 is 2.26 bits per heavy atom. The van der Waals surface area contributed by atoms with Gasteiger partial charge in [-0.05, 0) is 37.3 Å². The third-order valence-corrected chi connectivity index (χ3v) is 4.33. The van der Waals surface area contributed by atoms with Crippen molar-refractivity contribution in [2.45, 2.75) is 24.6 Å². The van der Waals surface area contributed by atoms with Crippen LogP contribution in [-0.4, -0.2) is 22.2 Å². The number of rotatable bonds is 5. The van der Waals surface area contributed by atoms with E-state index in [0.29, 0.717) is 28.4 Å². The van der Waals surface area contributed by atoms with E-state index >= 15 is 0 Å². The SMILES string of the molecule is Cc1cc([N+](=O)[O-])ccc1C(=O)NCC(Br)C1CC1. The average Bonchev–Trinajstić information content (AvgIpc) is 3.19. The average molecular weight is 327 g/mol. The molecule has 2 rings (SSSR count). The topological polar surface area (TPSA) is 72.2 Å². The van der Waals surface area contributed by atoms with Crippen molar-refractivity contribution in [2.75, 3.05) is 6.54 Å². The molecule has 1 aromatic carbocycles. The van der Waals surface area contributed by atoms with Crippen LogP contribution in [0.4, 0.5) is 5.69 Å². The van der Waals surface area contributed by atoms with Gasteiger partial charge in [-0.15, -0.1) is 0 Å². The summed E-state index contributed by atoms with van der Waals surface area (Å²) in [5.41, 5.74) is 1.11. The molecular formula is C13H15BrN2O3. The van der Waals surface area contributed by atoms with Crippen LogP contribution in [0.5, 0.6) is 0 Å². The second kappa shape index (κ2) is 5.69. The summed E-state index contributed by atoms with van der Waals surface area (Å²) in [4.78, 5) is 22.5. The maximum atomic E-state index is 12.0. The largest absolute Gasteiger partial charge is 0.351 e. The molecule has 1 saturated carbocycles. The molecule has 1 fully saturated rings. The Bertz CT molecular complexity index is 515. The minimum atomic E-state index is -0.462. The van der Waals surface area contributed by atoms with Crippen LogP contribution in [0.25, 0.3) is 0 Å². The van der Waals surface area contributed by atoms with E-state index in [9.17, 15) is 14.9 Å². The van der Waals surface area contributed by atoms with E-state index in [1.165, 1.54) is 31.0 Å². The number of halogens is 1. The second-order valence-electron chi connectivity index (χ2n) is 4.82. The molecule has 0 spiro atoms. The highest BCUT2D eigenvalue weighted by atomic mass is 79.9. The molecule has 1 N–H and O–H groups in total. The minimum absolute atomic E-state index is 0.00500. The highest BCUT2D eigenvalue weighted by molar-refractivity contribution is 9.09. The summed E-state index contributed by atoms with van der Waals surface area (Å²) >= 11 is 3.55. The Morgan fingerprint density at radius 3 is 2.79 bits per heavy atom. The molecule has 6 heteroatoms. The summed E-state index contributed by atoms with van der Waals surface area (Å²) in [6, 6.07) is 4.28. The summed E-state index contributed by atoms with van der Waals surface area (Å²) in [5.74, 6) is 0.482. The van der Waals surface area contributed by atoms with E-state index < -0.39 is 4.92 Å². The summed E-state index contributed by atoms with van der Waals surface area (Å²) in [5, 5.41) is 13.5. The van der Waals surface area contributed by atoms with Crippen molar-refractivity contribution in [3.05, 3.63) is 39.4 Å². The molecule has 0 saturated heterocycles. The molecule has 1 atom stereocenters.